The van der Waals surface area contributed by atoms with E-state index in [-0.39, 0.29) is 18.1 Å². The van der Waals surface area contributed by atoms with Crippen molar-refractivity contribution in [2.75, 3.05) is 13.4 Å². The molecule has 0 saturated heterocycles. The molecule has 0 amide bonds. The van der Waals surface area contributed by atoms with Crippen LogP contribution in [0.1, 0.15) is 104 Å². The summed E-state index contributed by atoms with van der Waals surface area (Å²) in [5, 5.41) is 11.3. The molecule has 0 saturated carbocycles. The molecule has 2 rings (SSSR count). The largest absolute Gasteiger partial charge is 0.507 e. The number of phenolic OH excluding ortho intramolecular Hbond substituents is 1. The third kappa shape index (κ3) is 6.87. The summed E-state index contributed by atoms with van der Waals surface area (Å²) in [4.78, 5) is 0. The fourth-order valence-corrected chi connectivity index (χ4v) is 4.69. The van der Waals surface area contributed by atoms with E-state index in [0.717, 1.165) is 41.7 Å². The quantitative estimate of drug-likeness (QED) is 0.208. The fourth-order valence-electron chi connectivity index (χ4n) is 4.69. The number of ether oxygens (including phenoxy) is 2. The zero-order valence-electron chi connectivity index (χ0n) is 20.7. The molecule has 0 heterocycles. The molecule has 1 aromatic carbocycles. The van der Waals surface area contributed by atoms with Crippen LogP contribution in [0.3, 0.4) is 0 Å². The van der Waals surface area contributed by atoms with E-state index in [2.05, 4.69) is 53.3 Å². The molecule has 2 atom stereocenters. The lowest BCUT2D eigenvalue weighted by Crippen LogP contribution is -2.21. The summed E-state index contributed by atoms with van der Waals surface area (Å²) in [7, 11) is 0. The Morgan fingerprint density at radius 1 is 1.19 bits per heavy atom. The van der Waals surface area contributed by atoms with Crippen LogP contribution in [0.25, 0.3) is 0 Å². The van der Waals surface area contributed by atoms with Crippen molar-refractivity contribution < 1.29 is 14.6 Å². The first-order valence-corrected chi connectivity index (χ1v) is 12.1. The van der Waals surface area contributed by atoms with Crippen LogP contribution in [0.2, 0.25) is 0 Å². The van der Waals surface area contributed by atoms with E-state index in [1.807, 2.05) is 13.0 Å². The maximum Gasteiger partial charge on any atom is 0.189 e. The first-order valence-electron chi connectivity index (χ1n) is 12.1. The summed E-state index contributed by atoms with van der Waals surface area (Å²) in [5.74, 6) is 1.45. The Morgan fingerprint density at radius 3 is 2.58 bits per heavy atom. The summed E-state index contributed by atoms with van der Waals surface area (Å²) in [6.45, 7) is 18.0. The molecule has 0 spiro atoms. The number of allylic oxidation sites excluding steroid dienone is 3. The standard InChI is InChI=1S/C28H44O3/c1-8-10-11-12-15-28(6,7)22-17-25(29)27(26(18-22)31-19-30-9-2)24-16-21(5)13-14-23(24)20(3)4/h16-18,23-24,29H,3,8-15,19H2,1-2,4-7H3/t23-,24+/m0/s1. The van der Waals surface area contributed by atoms with Crippen LogP contribution in [0.5, 0.6) is 11.5 Å². The lowest BCUT2D eigenvalue weighted by Gasteiger charge is -2.33. The highest BCUT2D eigenvalue weighted by molar-refractivity contribution is 5.53. The molecule has 31 heavy (non-hydrogen) atoms. The lowest BCUT2D eigenvalue weighted by atomic mass is 9.72. The van der Waals surface area contributed by atoms with Gasteiger partial charge in [0.15, 0.2) is 6.79 Å². The Morgan fingerprint density at radius 2 is 1.94 bits per heavy atom. The number of hydrogen-bond donors (Lipinski definition) is 1. The number of hydrogen-bond acceptors (Lipinski definition) is 3. The van der Waals surface area contributed by atoms with Gasteiger partial charge in [-0.05, 0) is 69.1 Å². The van der Waals surface area contributed by atoms with Gasteiger partial charge in [0.2, 0.25) is 0 Å². The zero-order chi connectivity index (χ0) is 23.0. The Kier molecular flexibility index (Phi) is 9.68. The van der Waals surface area contributed by atoms with E-state index in [9.17, 15) is 5.11 Å². The number of unbranched alkanes of at least 4 members (excludes halogenated alkanes) is 3. The van der Waals surface area contributed by atoms with Gasteiger partial charge < -0.3 is 14.6 Å². The molecule has 1 aromatic rings. The van der Waals surface area contributed by atoms with Gasteiger partial charge in [-0.2, -0.15) is 0 Å². The number of benzene rings is 1. The summed E-state index contributed by atoms with van der Waals surface area (Å²) in [5.41, 5.74) is 4.49. The minimum atomic E-state index is -0.0282. The van der Waals surface area contributed by atoms with Crippen molar-refractivity contribution in [3.8, 4) is 11.5 Å². The Balaban J connectivity index is 2.45. The molecule has 0 unspecified atom stereocenters. The van der Waals surface area contributed by atoms with E-state index in [1.165, 1.54) is 31.3 Å². The molecule has 1 aliphatic carbocycles. The van der Waals surface area contributed by atoms with Crippen LogP contribution >= 0.6 is 0 Å². The number of rotatable bonds is 12. The van der Waals surface area contributed by atoms with Gasteiger partial charge in [0.1, 0.15) is 11.5 Å². The van der Waals surface area contributed by atoms with E-state index in [0.29, 0.717) is 18.3 Å². The van der Waals surface area contributed by atoms with Crippen molar-refractivity contribution in [2.24, 2.45) is 5.92 Å². The molecule has 0 aromatic heterocycles. The van der Waals surface area contributed by atoms with Crippen LogP contribution < -0.4 is 4.74 Å². The van der Waals surface area contributed by atoms with E-state index < -0.39 is 0 Å². The zero-order valence-corrected chi connectivity index (χ0v) is 20.7. The van der Waals surface area contributed by atoms with Crippen LogP contribution in [-0.2, 0) is 10.2 Å². The number of phenols is 1. The molecule has 3 heteroatoms. The van der Waals surface area contributed by atoms with Gasteiger partial charge in [0.25, 0.3) is 0 Å². The maximum absolute atomic E-state index is 11.3. The van der Waals surface area contributed by atoms with Crippen molar-refractivity contribution >= 4 is 0 Å². The van der Waals surface area contributed by atoms with Crippen molar-refractivity contribution in [2.45, 2.75) is 97.8 Å². The highest BCUT2D eigenvalue weighted by Crippen LogP contribution is 2.48. The van der Waals surface area contributed by atoms with E-state index >= 15 is 0 Å². The summed E-state index contributed by atoms with van der Waals surface area (Å²) in [6, 6.07) is 4.11. The van der Waals surface area contributed by atoms with Crippen molar-refractivity contribution in [1.29, 1.82) is 0 Å². The highest BCUT2D eigenvalue weighted by Gasteiger charge is 2.32. The Bertz CT molecular complexity index is 760. The molecule has 1 N–H and O–H groups in total. The van der Waals surface area contributed by atoms with Crippen molar-refractivity contribution in [3.05, 3.63) is 47.1 Å². The predicted octanol–water partition coefficient (Wildman–Crippen LogP) is 8.03. The Labute approximate surface area is 190 Å². The minimum Gasteiger partial charge on any atom is -0.507 e. The normalized spacial score (nSPS) is 19.2. The van der Waals surface area contributed by atoms with Gasteiger partial charge in [-0.25, -0.2) is 0 Å². The molecule has 0 fully saturated rings. The van der Waals surface area contributed by atoms with Crippen LogP contribution in [0.4, 0.5) is 0 Å². The SMILES string of the molecule is C=C(C)[C@@H]1CCC(C)=C[C@H]1c1c(O)cc(C(C)(C)CCCCCC)cc1OCOCC. The van der Waals surface area contributed by atoms with Gasteiger partial charge in [-0.3, -0.25) is 0 Å². The van der Waals surface area contributed by atoms with Crippen LogP contribution in [0, 0.1) is 5.92 Å². The smallest absolute Gasteiger partial charge is 0.189 e. The molecular formula is C28H44O3. The summed E-state index contributed by atoms with van der Waals surface area (Å²) >= 11 is 0. The third-order valence-electron chi connectivity index (χ3n) is 6.77. The fraction of sp³-hybridized carbons (Fsp3) is 0.643. The highest BCUT2D eigenvalue weighted by atomic mass is 16.7. The minimum absolute atomic E-state index is 0.0282. The van der Waals surface area contributed by atoms with E-state index in [4.69, 9.17) is 9.47 Å². The molecule has 0 radical (unpaired) electrons. The second kappa shape index (κ2) is 11.8. The molecular weight excluding hydrogens is 384 g/mol. The van der Waals surface area contributed by atoms with Crippen molar-refractivity contribution in [1.82, 2.24) is 0 Å². The predicted molar refractivity (Wildman–Crippen MR) is 131 cm³/mol. The van der Waals surface area contributed by atoms with Crippen LogP contribution in [-0.4, -0.2) is 18.5 Å². The molecule has 0 bridgehead atoms. The van der Waals surface area contributed by atoms with Gasteiger partial charge in [0, 0.05) is 18.1 Å². The summed E-state index contributed by atoms with van der Waals surface area (Å²) in [6.07, 6.45) is 10.5. The van der Waals surface area contributed by atoms with Crippen LogP contribution in [0.15, 0.2) is 35.9 Å². The first-order chi connectivity index (χ1) is 14.7. The Hall–Kier alpha value is -1.74. The maximum atomic E-state index is 11.3. The monoisotopic (exact) mass is 428 g/mol. The second-order valence-electron chi connectivity index (χ2n) is 9.89. The second-order valence-corrected chi connectivity index (χ2v) is 9.89. The van der Waals surface area contributed by atoms with E-state index in [1.54, 1.807) is 0 Å². The van der Waals surface area contributed by atoms with Gasteiger partial charge in [-0.1, -0.05) is 70.3 Å². The molecule has 0 aliphatic heterocycles. The lowest BCUT2D eigenvalue weighted by molar-refractivity contribution is 0.0213. The topological polar surface area (TPSA) is 38.7 Å². The number of aromatic hydroxyl groups is 1. The summed E-state index contributed by atoms with van der Waals surface area (Å²) < 4.78 is 11.6. The average molecular weight is 429 g/mol. The van der Waals surface area contributed by atoms with Gasteiger partial charge in [0.05, 0.1) is 0 Å². The van der Waals surface area contributed by atoms with Gasteiger partial charge in [-0.15, -0.1) is 0 Å². The average Bonchev–Trinajstić information content (AvgIpc) is 2.71. The molecule has 1 aliphatic rings. The van der Waals surface area contributed by atoms with Gasteiger partial charge >= 0.3 is 0 Å². The molecule has 3 nitrogen and oxygen atoms in total. The molecule has 174 valence electrons. The van der Waals surface area contributed by atoms with Crippen molar-refractivity contribution in [3.63, 3.8) is 0 Å². The third-order valence-corrected chi connectivity index (χ3v) is 6.77. The first kappa shape index (κ1) is 25.5.